The van der Waals surface area contributed by atoms with Crippen molar-refractivity contribution in [1.29, 1.82) is 0 Å². The predicted molar refractivity (Wildman–Crippen MR) is 150 cm³/mol. The highest BCUT2D eigenvalue weighted by Gasteiger charge is 2.16. The molecule has 1 aromatic heterocycles. The van der Waals surface area contributed by atoms with E-state index in [1.54, 1.807) is 51.7 Å². The number of hydrogen-bond donors (Lipinski definition) is 2. The molecular weight excluding hydrogens is 484 g/mol. The molecule has 0 atom stereocenters. The highest BCUT2D eigenvalue weighted by atomic mass is 16.5. The number of benzene rings is 3. The third-order valence-electron chi connectivity index (χ3n) is 6.11. The number of aromatic hydroxyl groups is 1. The number of aromatic nitrogens is 1. The maximum atomic E-state index is 13.0. The van der Waals surface area contributed by atoms with E-state index in [4.69, 9.17) is 18.9 Å². The van der Waals surface area contributed by atoms with E-state index in [-0.39, 0.29) is 17.4 Å². The Bertz CT molecular complexity index is 1510. The number of hydrogen-bond acceptors (Lipinski definition) is 6. The second kappa shape index (κ2) is 11.5. The summed E-state index contributed by atoms with van der Waals surface area (Å²) in [4.78, 5) is 13.0. The summed E-state index contributed by atoms with van der Waals surface area (Å²) >= 11 is 0. The fourth-order valence-electron chi connectivity index (χ4n) is 4.28. The van der Waals surface area contributed by atoms with Crippen LogP contribution < -0.4 is 24.3 Å². The number of fused-ring (bicyclic) bond motifs is 1. The van der Waals surface area contributed by atoms with Gasteiger partial charge in [-0.25, -0.2) is 0 Å². The monoisotopic (exact) mass is 514 g/mol. The van der Waals surface area contributed by atoms with Crippen molar-refractivity contribution >= 4 is 40.7 Å². The normalized spacial score (nSPS) is 11.3. The number of carbonyl (C=O) groups excluding carboxylic acids is 1. The van der Waals surface area contributed by atoms with Crippen LogP contribution in [0.1, 0.15) is 16.7 Å². The number of ether oxygens (including phenoxy) is 4. The number of methoxy groups -OCH3 is 4. The quantitative estimate of drug-likeness (QED) is 0.219. The maximum Gasteiger partial charge on any atom is 0.248 e. The molecule has 3 aromatic carbocycles. The largest absolute Gasteiger partial charge is 0.504 e. The Balaban J connectivity index is 1.65. The average molecular weight is 515 g/mol. The zero-order valence-electron chi connectivity index (χ0n) is 21.9. The van der Waals surface area contributed by atoms with Crippen molar-refractivity contribution in [2.45, 2.75) is 0 Å². The van der Waals surface area contributed by atoms with Gasteiger partial charge in [-0.15, -0.1) is 0 Å². The second-order valence-corrected chi connectivity index (χ2v) is 8.41. The number of phenolic OH excluding ortho intramolecular Hbond substituents is 1. The van der Waals surface area contributed by atoms with Gasteiger partial charge in [-0.3, -0.25) is 4.79 Å². The van der Waals surface area contributed by atoms with Crippen LogP contribution in [0.15, 0.2) is 60.8 Å². The van der Waals surface area contributed by atoms with Crippen LogP contribution in [0.4, 0.5) is 5.69 Å². The van der Waals surface area contributed by atoms with Crippen molar-refractivity contribution in [3.05, 3.63) is 77.5 Å². The lowest BCUT2D eigenvalue weighted by Gasteiger charge is -2.14. The Kier molecular flexibility index (Phi) is 7.91. The van der Waals surface area contributed by atoms with Crippen molar-refractivity contribution in [2.24, 2.45) is 7.05 Å². The van der Waals surface area contributed by atoms with E-state index in [1.165, 1.54) is 19.3 Å². The molecule has 4 rings (SSSR count). The van der Waals surface area contributed by atoms with Gasteiger partial charge in [0.05, 0.1) is 34.1 Å². The maximum absolute atomic E-state index is 13.0. The number of amides is 1. The van der Waals surface area contributed by atoms with Crippen LogP contribution in [0.2, 0.25) is 0 Å². The zero-order valence-corrected chi connectivity index (χ0v) is 21.9. The molecule has 8 heteroatoms. The summed E-state index contributed by atoms with van der Waals surface area (Å²) in [6, 6.07) is 14.8. The Morgan fingerprint density at radius 2 is 1.53 bits per heavy atom. The van der Waals surface area contributed by atoms with Crippen LogP contribution in [0.5, 0.6) is 28.7 Å². The van der Waals surface area contributed by atoms with Crippen LogP contribution in [-0.4, -0.2) is 44.0 Å². The molecule has 0 radical (unpaired) electrons. The van der Waals surface area contributed by atoms with E-state index in [9.17, 15) is 9.90 Å². The van der Waals surface area contributed by atoms with E-state index in [0.29, 0.717) is 28.5 Å². The van der Waals surface area contributed by atoms with E-state index in [2.05, 4.69) is 5.32 Å². The first-order chi connectivity index (χ1) is 18.4. The van der Waals surface area contributed by atoms with Crippen molar-refractivity contribution in [2.75, 3.05) is 33.8 Å². The Morgan fingerprint density at radius 1 is 0.842 bits per heavy atom. The van der Waals surface area contributed by atoms with Crippen LogP contribution in [0, 0.1) is 0 Å². The first-order valence-electron chi connectivity index (χ1n) is 11.8. The molecule has 0 aliphatic carbocycles. The first kappa shape index (κ1) is 26.2. The van der Waals surface area contributed by atoms with Gasteiger partial charge in [0.1, 0.15) is 0 Å². The molecule has 8 nitrogen and oxygen atoms in total. The van der Waals surface area contributed by atoms with E-state index in [0.717, 1.165) is 22.0 Å². The molecule has 0 saturated heterocycles. The van der Waals surface area contributed by atoms with Gasteiger partial charge in [-0.2, -0.15) is 0 Å². The van der Waals surface area contributed by atoms with Crippen molar-refractivity contribution < 1.29 is 28.8 Å². The molecule has 0 aliphatic rings. The van der Waals surface area contributed by atoms with Gasteiger partial charge in [-0.1, -0.05) is 30.4 Å². The van der Waals surface area contributed by atoms with Crippen LogP contribution >= 0.6 is 0 Å². The molecule has 1 amide bonds. The lowest BCUT2D eigenvalue weighted by atomic mass is 10.1. The van der Waals surface area contributed by atoms with E-state index >= 15 is 0 Å². The summed E-state index contributed by atoms with van der Waals surface area (Å²) in [6.07, 6.45) is 8.82. The fraction of sp³-hybridized carbons (Fsp3) is 0.167. The topological polar surface area (TPSA) is 91.2 Å². The summed E-state index contributed by atoms with van der Waals surface area (Å²) in [5.74, 6) is 1.21. The standard InChI is InChI=1S/C30H30N2O6/c1-32-18-21(22-8-6-7-9-23(22)32)13-15-27(34)31-28-20(12-14-24(33)29(28)37-4)11-10-19-16-25(35-2)30(38-5)26(17-19)36-3/h6-18,33H,1-5H3,(H,31,34)/b11-10+,15-13+. The summed E-state index contributed by atoms with van der Waals surface area (Å²) in [5.41, 5.74) is 3.73. The SMILES string of the molecule is COc1cc(/C=C/c2ccc(O)c(OC)c2NC(=O)/C=C/c2cn(C)c3ccccc23)cc(OC)c1OC. The summed E-state index contributed by atoms with van der Waals surface area (Å²) < 4.78 is 23.7. The summed E-state index contributed by atoms with van der Waals surface area (Å²) in [5, 5.41) is 14.3. The molecule has 38 heavy (non-hydrogen) atoms. The molecule has 1 heterocycles. The molecule has 0 saturated carbocycles. The third-order valence-corrected chi connectivity index (χ3v) is 6.11. The first-order valence-corrected chi connectivity index (χ1v) is 11.8. The smallest absolute Gasteiger partial charge is 0.248 e. The molecular formula is C30H30N2O6. The summed E-state index contributed by atoms with van der Waals surface area (Å²) in [7, 11) is 8.04. The lowest BCUT2D eigenvalue weighted by molar-refractivity contribution is -0.111. The number of para-hydroxylation sites is 1. The van der Waals surface area contributed by atoms with E-state index in [1.807, 2.05) is 48.2 Å². The van der Waals surface area contributed by atoms with E-state index < -0.39 is 0 Å². The molecule has 4 aromatic rings. The van der Waals surface area contributed by atoms with Crippen molar-refractivity contribution in [3.63, 3.8) is 0 Å². The molecule has 0 fully saturated rings. The number of nitrogens with one attached hydrogen (secondary N) is 1. The highest BCUT2D eigenvalue weighted by molar-refractivity contribution is 6.06. The number of rotatable bonds is 9. The lowest BCUT2D eigenvalue weighted by Crippen LogP contribution is -2.10. The van der Waals surface area contributed by atoms with Crippen LogP contribution in [0.3, 0.4) is 0 Å². The predicted octanol–water partition coefficient (Wildman–Crippen LogP) is 5.74. The van der Waals surface area contributed by atoms with Crippen molar-refractivity contribution in [3.8, 4) is 28.7 Å². The van der Waals surface area contributed by atoms with Gasteiger partial charge in [0.2, 0.25) is 11.7 Å². The molecule has 0 aliphatic heterocycles. The van der Waals surface area contributed by atoms with Gasteiger partial charge >= 0.3 is 0 Å². The molecule has 0 bridgehead atoms. The zero-order chi connectivity index (χ0) is 27.2. The molecule has 2 N–H and O–H groups in total. The Hall–Kier alpha value is -4.85. The second-order valence-electron chi connectivity index (χ2n) is 8.41. The molecule has 196 valence electrons. The minimum atomic E-state index is -0.371. The number of phenols is 1. The fourth-order valence-corrected chi connectivity index (χ4v) is 4.28. The molecule has 0 unspecified atom stereocenters. The van der Waals surface area contributed by atoms with Gasteiger partial charge in [0.15, 0.2) is 23.0 Å². The average Bonchev–Trinajstić information content (AvgIpc) is 3.26. The number of anilines is 1. The van der Waals surface area contributed by atoms with Crippen molar-refractivity contribution in [1.82, 2.24) is 4.57 Å². The van der Waals surface area contributed by atoms with Gasteiger partial charge < -0.3 is 33.9 Å². The van der Waals surface area contributed by atoms with Crippen LogP contribution in [-0.2, 0) is 11.8 Å². The highest BCUT2D eigenvalue weighted by Crippen LogP contribution is 2.40. The summed E-state index contributed by atoms with van der Waals surface area (Å²) in [6.45, 7) is 0. The van der Waals surface area contributed by atoms with Gasteiger partial charge in [0.25, 0.3) is 0 Å². The van der Waals surface area contributed by atoms with Gasteiger partial charge in [-0.05, 0) is 42.0 Å². The van der Waals surface area contributed by atoms with Gasteiger partial charge in [0, 0.05) is 41.4 Å². The number of nitrogens with zero attached hydrogens (tertiary/aromatic N) is 1. The molecule has 0 spiro atoms. The number of carbonyl (C=O) groups is 1. The third kappa shape index (κ3) is 5.29. The Morgan fingerprint density at radius 3 is 2.18 bits per heavy atom. The minimum Gasteiger partial charge on any atom is -0.504 e. The van der Waals surface area contributed by atoms with Crippen LogP contribution in [0.25, 0.3) is 29.1 Å². The minimum absolute atomic E-state index is 0.0919. The Labute approximate surface area is 221 Å². The number of aryl methyl sites for hydroxylation is 1.